The molecule has 0 atom stereocenters. The molecule has 0 radical (unpaired) electrons. The molecule has 5 heteroatoms. The number of benzene rings is 1. The summed E-state index contributed by atoms with van der Waals surface area (Å²) in [5, 5.41) is 3.40. The maximum absolute atomic E-state index is 11.7. The number of rotatable bonds is 3. The first-order chi connectivity index (χ1) is 8.06. The Hall–Kier alpha value is -2.30. The summed E-state index contributed by atoms with van der Waals surface area (Å²) in [6.07, 6.45) is 0. The minimum Gasteiger partial charge on any atom is -0.368 e. The molecule has 2 aromatic rings. The number of hydrogen-bond acceptors (Lipinski definition) is 2. The largest absolute Gasteiger partial charge is 0.368 e. The topological polar surface area (TPSA) is 88.0 Å². The predicted octanol–water partition coefficient (Wildman–Crippen LogP) is 0.691. The van der Waals surface area contributed by atoms with Crippen molar-refractivity contribution >= 4 is 22.7 Å². The van der Waals surface area contributed by atoms with Crippen LogP contribution in [-0.4, -0.2) is 23.3 Å². The molecule has 1 aromatic carbocycles. The molecule has 0 spiro atoms. The Labute approximate surface area is 98.0 Å². The SMILES string of the molecule is Cc1ccc2[nH]c(C(=O)NCC(N)=O)cc2c1. The van der Waals surface area contributed by atoms with Gasteiger partial charge in [0.05, 0.1) is 6.54 Å². The van der Waals surface area contributed by atoms with Gasteiger partial charge >= 0.3 is 0 Å². The van der Waals surface area contributed by atoms with Crippen molar-refractivity contribution in [2.24, 2.45) is 5.73 Å². The van der Waals surface area contributed by atoms with Crippen LogP contribution in [0.25, 0.3) is 10.9 Å². The van der Waals surface area contributed by atoms with E-state index in [1.54, 1.807) is 6.07 Å². The molecule has 0 aliphatic carbocycles. The average molecular weight is 231 g/mol. The zero-order valence-corrected chi connectivity index (χ0v) is 9.41. The van der Waals surface area contributed by atoms with Crippen molar-refractivity contribution in [1.29, 1.82) is 0 Å². The molecule has 1 aromatic heterocycles. The van der Waals surface area contributed by atoms with Crippen LogP contribution in [0, 0.1) is 6.92 Å². The standard InChI is InChI=1S/C12H13N3O2/c1-7-2-3-9-8(4-7)5-10(15-9)12(17)14-6-11(13)16/h2-5,15H,6H2,1H3,(H2,13,16)(H,14,17). The second-order valence-electron chi connectivity index (χ2n) is 3.92. The highest BCUT2D eigenvalue weighted by molar-refractivity contribution is 5.99. The molecule has 2 rings (SSSR count). The molecule has 4 N–H and O–H groups in total. The van der Waals surface area contributed by atoms with Crippen molar-refractivity contribution in [2.75, 3.05) is 6.54 Å². The molecule has 0 aliphatic heterocycles. The van der Waals surface area contributed by atoms with E-state index in [0.29, 0.717) is 5.69 Å². The summed E-state index contributed by atoms with van der Waals surface area (Å²) in [6.45, 7) is 1.83. The third kappa shape index (κ3) is 2.44. The summed E-state index contributed by atoms with van der Waals surface area (Å²) >= 11 is 0. The summed E-state index contributed by atoms with van der Waals surface area (Å²) in [5.41, 5.74) is 7.39. The van der Waals surface area contributed by atoms with Gasteiger partial charge in [0, 0.05) is 10.9 Å². The van der Waals surface area contributed by atoms with E-state index in [0.717, 1.165) is 16.5 Å². The highest BCUT2D eigenvalue weighted by Crippen LogP contribution is 2.16. The molecular formula is C12H13N3O2. The number of fused-ring (bicyclic) bond motifs is 1. The van der Waals surface area contributed by atoms with Crippen LogP contribution in [-0.2, 0) is 4.79 Å². The van der Waals surface area contributed by atoms with Crippen molar-refractivity contribution in [3.63, 3.8) is 0 Å². The summed E-state index contributed by atoms with van der Waals surface area (Å²) in [5.74, 6) is -0.900. The van der Waals surface area contributed by atoms with E-state index < -0.39 is 5.91 Å². The molecule has 0 aliphatic rings. The third-order valence-electron chi connectivity index (χ3n) is 2.44. The van der Waals surface area contributed by atoms with Gasteiger partial charge in [-0.1, -0.05) is 11.6 Å². The zero-order valence-electron chi connectivity index (χ0n) is 9.41. The van der Waals surface area contributed by atoms with Gasteiger partial charge < -0.3 is 16.0 Å². The fraction of sp³-hybridized carbons (Fsp3) is 0.167. The minimum atomic E-state index is -0.565. The Morgan fingerprint density at radius 2 is 2.12 bits per heavy atom. The molecule has 88 valence electrons. The van der Waals surface area contributed by atoms with Crippen LogP contribution in [0.2, 0.25) is 0 Å². The number of nitrogens with two attached hydrogens (primary N) is 1. The Kier molecular flexibility index (Phi) is 2.82. The first-order valence-electron chi connectivity index (χ1n) is 5.22. The maximum atomic E-state index is 11.7. The van der Waals surface area contributed by atoms with Gasteiger partial charge in [-0.25, -0.2) is 0 Å². The van der Waals surface area contributed by atoms with Crippen molar-refractivity contribution < 1.29 is 9.59 Å². The number of primary amides is 1. The van der Waals surface area contributed by atoms with Crippen LogP contribution < -0.4 is 11.1 Å². The van der Waals surface area contributed by atoms with Crippen LogP contribution in [0.4, 0.5) is 0 Å². The number of hydrogen-bond donors (Lipinski definition) is 3. The predicted molar refractivity (Wildman–Crippen MR) is 64.6 cm³/mol. The highest BCUT2D eigenvalue weighted by atomic mass is 16.2. The number of carbonyl (C=O) groups excluding carboxylic acids is 2. The maximum Gasteiger partial charge on any atom is 0.268 e. The van der Waals surface area contributed by atoms with E-state index in [-0.39, 0.29) is 12.5 Å². The van der Waals surface area contributed by atoms with Gasteiger partial charge in [0.1, 0.15) is 5.69 Å². The van der Waals surface area contributed by atoms with E-state index in [4.69, 9.17) is 5.73 Å². The molecule has 0 saturated carbocycles. The number of aromatic amines is 1. The normalized spacial score (nSPS) is 10.4. The first kappa shape index (κ1) is 11.2. The molecule has 0 fully saturated rings. The number of amides is 2. The first-order valence-corrected chi connectivity index (χ1v) is 5.22. The summed E-state index contributed by atoms with van der Waals surface area (Å²) in [6, 6.07) is 7.61. The van der Waals surface area contributed by atoms with Crippen molar-refractivity contribution in [1.82, 2.24) is 10.3 Å². The Morgan fingerprint density at radius 1 is 1.35 bits per heavy atom. The molecule has 0 saturated heterocycles. The summed E-state index contributed by atoms with van der Waals surface area (Å²) < 4.78 is 0. The number of H-pyrrole nitrogens is 1. The van der Waals surface area contributed by atoms with Gasteiger partial charge in [-0.3, -0.25) is 9.59 Å². The molecule has 5 nitrogen and oxygen atoms in total. The lowest BCUT2D eigenvalue weighted by Gasteiger charge is -1.98. The smallest absolute Gasteiger partial charge is 0.268 e. The second-order valence-corrected chi connectivity index (χ2v) is 3.92. The molecule has 1 heterocycles. The van der Waals surface area contributed by atoms with Crippen LogP contribution >= 0.6 is 0 Å². The van der Waals surface area contributed by atoms with Crippen molar-refractivity contribution in [2.45, 2.75) is 6.92 Å². The van der Waals surface area contributed by atoms with Crippen LogP contribution in [0.15, 0.2) is 24.3 Å². The monoisotopic (exact) mass is 231 g/mol. The average Bonchev–Trinajstić information content (AvgIpc) is 2.68. The molecule has 2 amide bonds. The van der Waals surface area contributed by atoms with E-state index >= 15 is 0 Å². The van der Waals surface area contributed by atoms with Crippen LogP contribution in [0.3, 0.4) is 0 Å². The lowest BCUT2D eigenvalue weighted by atomic mass is 10.2. The molecule has 17 heavy (non-hydrogen) atoms. The number of aromatic nitrogens is 1. The third-order valence-corrected chi connectivity index (χ3v) is 2.44. The lowest BCUT2D eigenvalue weighted by Crippen LogP contribution is -2.33. The van der Waals surface area contributed by atoms with Gasteiger partial charge in [0.15, 0.2) is 0 Å². The molecule has 0 bridgehead atoms. The highest BCUT2D eigenvalue weighted by Gasteiger charge is 2.09. The Bertz CT molecular complexity index is 586. The van der Waals surface area contributed by atoms with Gasteiger partial charge in [0.2, 0.25) is 5.91 Å². The lowest BCUT2D eigenvalue weighted by molar-refractivity contribution is -0.117. The number of aryl methyl sites for hydroxylation is 1. The van der Waals surface area contributed by atoms with Gasteiger partial charge in [-0.05, 0) is 25.1 Å². The van der Waals surface area contributed by atoms with E-state index in [9.17, 15) is 9.59 Å². The Morgan fingerprint density at radius 3 is 2.82 bits per heavy atom. The summed E-state index contributed by atoms with van der Waals surface area (Å²) in [7, 11) is 0. The van der Waals surface area contributed by atoms with Crippen LogP contribution in [0.1, 0.15) is 16.1 Å². The van der Waals surface area contributed by atoms with E-state index in [2.05, 4.69) is 10.3 Å². The molecular weight excluding hydrogens is 218 g/mol. The van der Waals surface area contributed by atoms with Gasteiger partial charge in [-0.2, -0.15) is 0 Å². The fourth-order valence-corrected chi connectivity index (χ4v) is 1.64. The number of nitrogens with one attached hydrogen (secondary N) is 2. The quantitative estimate of drug-likeness (QED) is 0.725. The number of carbonyl (C=O) groups is 2. The van der Waals surface area contributed by atoms with Crippen LogP contribution in [0.5, 0.6) is 0 Å². The Balaban J connectivity index is 2.24. The van der Waals surface area contributed by atoms with E-state index in [1.807, 2.05) is 25.1 Å². The minimum absolute atomic E-state index is 0.159. The van der Waals surface area contributed by atoms with Gasteiger partial charge in [-0.15, -0.1) is 0 Å². The second kappa shape index (κ2) is 4.29. The fourth-order valence-electron chi connectivity index (χ4n) is 1.64. The summed E-state index contributed by atoms with van der Waals surface area (Å²) in [4.78, 5) is 25.2. The van der Waals surface area contributed by atoms with Crippen molar-refractivity contribution in [3.05, 3.63) is 35.5 Å². The zero-order chi connectivity index (χ0) is 12.4. The van der Waals surface area contributed by atoms with Crippen molar-refractivity contribution in [3.8, 4) is 0 Å². The van der Waals surface area contributed by atoms with E-state index in [1.165, 1.54) is 0 Å². The molecule has 0 unspecified atom stereocenters. The van der Waals surface area contributed by atoms with Gasteiger partial charge in [0.25, 0.3) is 5.91 Å².